The van der Waals surface area contributed by atoms with E-state index in [9.17, 15) is 9.18 Å². The largest absolute Gasteiger partial charge is 0.380 e. The lowest BCUT2D eigenvalue weighted by Crippen LogP contribution is -2.19. The van der Waals surface area contributed by atoms with E-state index in [0.29, 0.717) is 29.0 Å². The average Bonchev–Trinajstić information content (AvgIpc) is 3.14. The first kappa shape index (κ1) is 16.9. The van der Waals surface area contributed by atoms with Gasteiger partial charge in [-0.1, -0.05) is 6.07 Å². The van der Waals surface area contributed by atoms with Crippen LogP contribution in [0.25, 0.3) is 0 Å². The highest BCUT2D eigenvalue weighted by molar-refractivity contribution is 6.04. The summed E-state index contributed by atoms with van der Waals surface area (Å²) in [6.45, 7) is 1.32. The van der Waals surface area contributed by atoms with Crippen LogP contribution in [0.3, 0.4) is 0 Å². The molecule has 1 aliphatic rings. The fourth-order valence-corrected chi connectivity index (χ4v) is 2.70. The molecule has 25 heavy (non-hydrogen) atoms. The number of anilines is 2. The second-order valence-corrected chi connectivity index (χ2v) is 5.86. The van der Waals surface area contributed by atoms with Crippen molar-refractivity contribution < 1.29 is 13.9 Å². The number of nitriles is 1. The lowest BCUT2D eigenvalue weighted by molar-refractivity contribution is 0.102. The van der Waals surface area contributed by atoms with Crippen LogP contribution in [0.5, 0.6) is 0 Å². The SMILES string of the molecule is N#Cc1cccc(C(=O)Nc2ccc(NC[C@@H]3CCCO3)c(F)c2)c1. The van der Waals surface area contributed by atoms with Gasteiger partial charge in [0.05, 0.1) is 23.4 Å². The molecule has 1 aliphatic heterocycles. The number of carbonyl (C=O) groups excluding carboxylic acids is 1. The summed E-state index contributed by atoms with van der Waals surface area (Å²) in [7, 11) is 0. The van der Waals surface area contributed by atoms with Crippen molar-refractivity contribution in [3.8, 4) is 6.07 Å². The third kappa shape index (κ3) is 4.34. The summed E-state index contributed by atoms with van der Waals surface area (Å²) >= 11 is 0. The molecular formula is C19H18FN3O2. The summed E-state index contributed by atoms with van der Waals surface area (Å²) in [4.78, 5) is 12.2. The highest BCUT2D eigenvalue weighted by atomic mass is 19.1. The third-order valence-electron chi connectivity index (χ3n) is 4.02. The van der Waals surface area contributed by atoms with Crippen molar-refractivity contribution in [1.29, 1.82) is 5.26 Å². The molecule has 3 rings (SSSR count). The number of ether oxygens (including phenoxy) is 1. The van der Waals surface area contributed by atoms with Gasteiger partial charge in [-0.25, -0.2) is 4.39 Å². The standard InChI is InChI=1S/C19H18FN3O2/c20-17-10-15(6-7-18(17)22-12-16-5-2-8-25-16)23-19(24)14-4-1-3-13(9-14)11-21/h1,3-4,6-7,9-10,16,22H,2,5,8,12H2,(H,23,24)/t16-/m0/s1. The maximum absolute atomic E-state index is 14.2. The van der Waals surface area contributed by atoms with Crippen LogP contribution in [0.4, 0.5) is 15.8 Å². The first-order valence-corrected chi connectivity index (χ1v) is 8.12. The van der Waals surface area contributed by atoms with Gasteiger partial charge in [-0.05, 0) is 49.2 Å². The summed E-state index contributed by atoms with van der Waals surface area (Å²) in [6, 6.07) is 12.8. The van der Waals surface area contributed by atoms with E-state index < -0.39 is 11.7 Å². The van der Waals surface area contributed by atoms with E-state index in [0.717, 1.165) is 19.4 Å². The predicted molar refractivity (Wildman–Crippen MR) is 93.0 cm³/mol. The van der Waals surface area contributed by atoms with Crippen LogP contribution in [0.2, 0.25) is 0 Å². The van der Waals surface area contributed by atoms with E-state index in [1.54, 1.807) is 30.3 Å². The van der Waals surface area contributed by atoms with Crippen molar-refractivity contribution in [2.75, 3.05) is 23.8 Å². The number of rotatable bonds is 5. The first-order chi connectivity index (χ1) is 12.2. The molecule has 6 heteroatoms. The lowest BCUT2D eigenvalue weighted by Gasteiger charge is -2.13. The van der Waals surface area contributed by atoms with Crippen LogP contribution in [0, 0.1) is 17.1 Å². The highest BCUT2D eigenvalue weighted by Crippen LogP contribution is 2.21. The van der Waals surface area contributed by atoms with Crippen molar-refractivity contribution >= 4 is 17.3 Å². The molecule has 128 valence electrons. The Labute approximate surface area is 145 Å². The Morgan fingerprint density at radius 2 is 2.20 bits per heavy atom. The molecule has 1 amide bonds. The second kappa shape index (κ2) is 7.77. The molecule has 2 aromatic rings. The molecule has 0 bridgehead atoms. The van der Waals surface area contributed by atoms with Crippen molar-refractivity contribution in [3.05, 3.63) is 59.4 Å². The molecule has 5 nitrogen and oxygen atoms in total. The molecule has 0 radical (unpaired) electrons. The highest BCUT2D eigenvalue weighted by Gasteiger charge is 2.16. The van der Waals surface area contributed by atoms with E-state index in [-0.39, 0.29) is 6.10 Å². The number of carbonyl (C=O) groups is 1. The zero-order valence-corrected chi connectivity index (χ0v) is 13.6. The number of hydrogen-bond donors (Lipinski definition) is 2. The Hall–Kier alpha value is -2.91. The topological polar surface area (TPSA) is 74.2 Å². The molecule has 0 aromatic heterocycles. The average molecular weight is 339 g/mol. The molecule has 0 saturated carbocycles. The molecule has 0 unspecified atom stereocenters. The smallest absolute Gasteiger partial charge is 0.255 e. The molecular weight excluding hydrogens is 321 g/mol. The fraction of sp³-hybridized carbons (Fsp3) is 0.263. The van der Waals surface area contributed by atoms with Crippen LogP contribution >= 0.6 is 0 Å². The first-order valence-electron chi connectivity index (χ1n) is 8.12. The quantitative estimate of drug-likeness (QED) is 0.874. The van der Waals surface area contributed by atoms with Crippen LogP contribution in [-0.4, -0.2) is 25.2 Å². The molecule has 1 atom stereocenters. The van der Waals surface area contributed by atoms with Crippen molar-refractivity contribution in [2.45, 2.75) is 18.9 Å². The zero-order valence-electron chi connectivity index (χ0n) is 13.6. The Kier molecular flexibility index (Phi) is 5.26. The Morgan fingerprint density at radius 1 is 1.32 bits per heavy atom. The Bertz CT molecular complexity index is 811. The van der Waals surface area contributed by atoms with Gasteiger partial charge < -0.3 is 15.4 Å². The van der Waals surface area contributed by atoms with Crippen molar-refractivity contribution in [3.63, 3.8) is 0 Å². The number of halogens is 1. The summed E-state index contributed by atoms with van der Waals surface area (Å²) in [6.07, 6.45) is 2.13. The van der Waals surface area contributed by atoms with E-state index in [2.05, 4.69) is 10.6 Å². The number of hydrogen-bond acceptors (Lipinski definition) is 4. The molecule has 2 N–H and O–H groups in total. The maximum Gasteiger partial charge on any atom is 0.255 e. The van der Waals surface area contributed by atoms with Gasteiger partial charge in [-0.2, -0.15) is 5.26 Å². The van der Waals surface area contributed by atoms with E-state index in [4.69, 9.17) is 10.00 Å². The predicted octanol–water partition coefficient (Wildman–Crippen LogP) is 3.54. The second-order valence-electron chi connectivity index (χ2n) is 5.86. The van der Waals surface area contributed by atoms with Crippen molar-refractivity contribution in [1.82, 2.24) is 0 Å². The molecule has 1 fully saturated rings. The minimum absolute atomic E-state index is 0.117. The summed E-state index contributed by atoms with van der Waals surface area (Å²) in [5, 5.41) is 14.5. The number of nitrogens with one attached hydrogen (secondary N) is 2. The van der Waals surface area contributed by atoms with Crippen LogP contribution in [0.15, 0.2) is 42.5 Å². The Balaban J connectivity index is 1.63. The third-order valence-corrected chi connectivity index (χ3v) is 4.02. The minimum Gasteiger partial charge on any atom is -0.380 e. The van der Waals surface area contributed by atoms with E-state index in [1.165, 1.54) is 12.1 Å². The van der Waals surface area contributed by atoms with Crippen LogP contribution < -0.4 is 10.6 Å². The monoisotopic (exact) mass is 339 g/mol. The number of amides is 1. The number of benzene rings is 2. The molecule has 1 saturated heterocycles. The minimum atomic E-state index is -0.443. The van der Waals surface area contributed by atoms with Crippen LogP contribution in [-0.2, 0) is 4.74 Å². The molecule has 2 aromatic carbocycles. The normalized spacial score (nSPS) is 16.2. The fourth-order valence-electron chi connectivity index (χ4n) is 2.70. The van der Waals surface area contributed by atoms with Gasteiger partial charge in [0.15, 0.2) is 0 Å². The van der Waals surface area contributed by atoms with Gasteiger partial charge in [0.1, 0.15) is 5.82 Å². The van der Waals surface area contributed by atoms with Gasteiger partial charge in [0.25, 0.3) is 5.91 Å². The zero-order chi connectivity index (χ0) is 17.6. The van der Waals surface area contributed by atoms with Gasteiger partial charge in [0, 0.05) is 24.4 Å². The van der Waals surface area contributed by atoms with E-state index >= 15 is 0 Å². The summed E-state index contributed by atoms with van der Waals surface area (Å²) in [5.74, 6) is -0.835. The van der Waals surface area contributed by atoms with Gasteiger partial charge in [-0.3, -0.25) is 4.79 Å². The van der Waals surface area contributed by atoms with Crippen molar-refractivity contribution in [2.24, 2.45) is 0 Å². The van der Waals surface area contributed by atoms with Gasteiger partial charge in [-0.15, -0.1) is 0 Å². The van der Waals surface area contributed by atoms with Gasteiger partial charge >= 0.3 is 0 Å². The lowest BCUT2D eigenvalue weighted by atomic mass is 10.1. The van der Waals surface area contributed by atoms with Crippen LogP contribution in [0.1, 0.15) is 28.8 Å². The molecule has 0 spiro atoms. The summed E-state index contributed by atoms with van der Waals surface area (Å²) in [5.41, 5.74) is 1.47. The maximum atomic E-state index is 14.2. The molecule has 1 heterocycles. The number of nitrogens with zero attached hydrogens (tertiary/aromatic N) is 1. The van der Waals surface area contributed by atoms with Gasteiger partial charge in [0.2, 0.25) is 0 Å². The molecule has 0 aliphatic carbocycles. The summed E-state index contributed by atoms with van der Waals surface area (Å²) < 4.78 is 19.7. The van der Waals surface area contributed by atoms with E-state index in [1.807, 2.05) is 6.07 Å². The Morgan fingerprint density at radius 3 is 2.92 bits per heavy atom.